The van der Waals surface area contributed by atoms with Crippen LogP contribution in [0.15, 0.2) is 42.5 Å². The molecule has 0 spiro atoms. The number of piperazine rings is 1. The number of nitrogens with zero attached hydrogens (tertiary/aromatic N) is 4. The van der Waals surface area contributed by atoms with Gasteiger partial charge in [-0.1, -0.05) is 11.6 Å². The topological polar surface area (TPSA) is 69.9 Å². The van der Waals surface area contributed by atoms with Crippen LogP contribution < -0.4 is 9.80 Å². The molecule has 2 aliphatic rings. The summed E-state index contributed by atoms with van der Waals surface area (Å²) >= 11 is 5.97. The molecule has 0 aromatic heterocycles. The first-order valence-electron chi connectivity index (χ1n) is 10.4. The van der Waals surface area contributed by atoms with E-state index in [1.54, 1.807) is 11.0 Å². The summed E-state index contributed by atoms with van der Waals surface area (Å²) < 4.78 is 0. The summed E-state index contributed by atoms with van der Waals surface area (Å²) in [6.45, 7) is 4.32. The Morgan fingerprint density at radius 3 is 2.17 bits per heavy atom. The molecule has 0 saturated carbocycles. The second-order valence-electron chi connectivity index (χ2n) is 7.76. The molecule has 2 aromatic rings. The predicted molar refractivity (Wildman–Crippen MR) is 119 cm³/mol. The second kappa shape index (κ2) is 8.92. The van der Waals surface area contributed by atoms with Gasteiger partial charge in [-0.05, 0) is 49.6 Å². The van der Waals surface area contributed by atoms with Crippen LogP contribution >= 0.6 is 11.6 Å². The van der Waals surface area contributed by atoms with E-state index in [4.69, 9.17) is 11.6 Å². The maximum Gasteiger partial charge on any atom is 0.270 e. The number of halogens is 1. The van der Waals surface area contributed by atoms with Gasteiger partial charge in [-0.3, -0.25) is 14.9 Å². The highest BCUT2D eigenvalue weighted by Gasteiger charge is 2.27. The molecule has 8 heteroatoms. The van der Waals surface area contributed by atoms with E-state index in [9.17, 15) is 14.9 Å². The number of rotatable bonds is 4. The Morgan fingerprint density at radius 1 is 0.867 bits per heavy atom. The maximum atomic E-state index is 13.4. The molecular formula is C22H25ClN4O3. The Bertz CT molecular complexity index is 920. The largest absolute Gasteiger partial charge is 0.371 e. The third-order valence-corrected chi connectivity index (χ3v) is 6.13. The van der Waals surface area contributed by atoms with Crippen molar-refractivity contribution >= 4 is 34.6 Å². The molecule has 7 nitrogen and oxygen atoms in total. The predicted octanol–water partition coefficient (Wildman–Crippen LogP) is 4.20. The number of nitro benzene ring substituents is 1. The number of non-ortho nitro benzene ring substituents is 1. The fraction of sp³-hybridized carbons (Fsp3) is 0.409. The minimum atomic E-state index is -0.435. The Labute approximate surface area is 181 Å². The number of amides is 1. The number of carbonyl (C=O) groups excluding carboxylic acids is 1. The Balaban J connectivity index is 1.52. The Morgan fingerprint density at radius 2 is 1.53 bits per heavy atom. The minimum absolute atomic E-state index is 0.0427. The minimum Gasteiger partial charge on any atom is -0.371 e. The van der Waals surface area contributed by atoms with Crippen LogP contribution in [0.3, 0.4) is 0 Å². The molecule has 2 heterocycles. The average Bonchev–Trinajstić information content (AvgIpc) is 2.79. The van der Waals surface area contributed by atoms with Gasteiger partial charge in [-0.25, -0.2) is 0 Å². The fourth-order valence-electron chi connectivity index (χ4n) is 4.21. The fourth-order valence-corrected chi connectivity index (χ4v) is 4.34. The molecule has 0 unspecified atom stereocenters. The van der Waals surface area contributed by atoms with Crippen LogP contribution in [0, 0.1) is 10.1 Å². The third-order valence-electron chi connectivity index (χ3n) is 5.88. The molecule has 158 valence electrons. The van der Waals surface area contributed by atoms with E-state index in [2.05, 4.69) is 9.80 Å². The molecule has 2 fully saturated rings. The Kier molecular flexibility index (Phi) is 6.08. The molecule has 1 amide bonds. The molecule has 0 radical (unpaired) electrons. The molecule has 2 aromatic carbocycles. The Hall–Kier alpha value is -2.80. The highest BCUT2D eigenvalue weighted by atomic mass is 35.5. The molecule has 4 rings (SSSR count). The summed E-state index contributed by atoms with van der Waals surface area (Å²) in [6.07, 6.45) is 3.33. The van der Waals surface area contributed by atoms with Crippen molar-refractivity contribution in [3.8, 4) is 0 Å². The number of hydrogen-bond donors (Lipinski definition) is 0. The molecular weight excluding hydrogens is 404 g/mol. The van der Waals surface area contributed by atoms with Gasteiger partial charge in [0.15, 0.2) is 0 Å². The first kappa shape index (κ1) is 20.5. The van der Waals surface area contributed by atoms with Crippen LogP contribution in [-0.2, 0) is 0 Å². The number of benzene rings is 2. The van der Waals surface area contributed by atoms with Crippen molar-refractivity contribution in [2.24, 2.45) is 0 Å². The molecule has 30 heavy (non-hydrogen) atoms. The van der Waals surface area contributed by atoms with E-state index in [0.717, 1.165) is 37.3 Å². The smallest absolute Gasteiger partial charge is 0.270 e. The zero-order valence-electron chi connectivity index (χ0n) is 16.8. The van der Waals surface area contributed by atoms with Crippen LogP contribution in [0.5, 0.6) is 0 Å². The van der Waals surface area contributed by atoms with Crippen LogP contribution in [-0.4, -0.2) is 55.0 Å². The van der Waals surface area contributed by atoms with E-state index in [1.807, 2.05) is 24.3 Å². The standard InChI is InChI=1S/C22H25ClN4O3/c23-17-4-6-18(7-5-17)24-12-14-26(15-13-24)22(28)20-16-19(27(29)30)8-9-21(20)25-10-2-1-3-11-25/h4-9,16H,1-3,10-15H2. The monoisotopic (exact) mass is 428 g/mol. The van der Waals surface area contributed by atoms with Gasteiger partial charge in [0.25, 0.3) is 11.6 Å². The zero-order valence-corrected chi connectivity index (χ0v) is 17.6. The van der Waals surface area contributed by atoms with Crippen molar-refractivity contribution < 1.29 is 9.72 Å². The number of anilines is 2. The number of piperidine rings is 1. The van der Waals surface area contributed by atoms with Crippen LogP contribution in [0.2, 0.25) is 5.02 Å². The van der Waals surface area contributed by atoms with E-state index in [-0.39, 0.29) is 11.6 Å². The number of carbonyl (C=O) groups is 1. The first-order chi connectivity index (χ1) is 14.5. The summed E-state index contributed by atoms with van der Waals surface area (Å²) in [5.41, 5.74) is 2.28. The first-order valence-corrected chi connectivity index (χ1v) is 10.7. The third kappa shape index (κ3) is 4.36. The summed E-state index contributed by atoms with van der Waals surface area (Å²) in [4.78, 5) is 30.5. The summed E-state index contributed by atoms with van der Waals surface area (Å²) in [7, 11) is 0. The van der Waals surface area contributed by atoms with Gasteiger partial charge >= 0.3 is 0 Å². The van der Waals surface area contributed by atoms with Gasteiger partial charge in [0.05, 0.1) is 16.2 Å². The van der Waals surface area contributed by atoms with Gasteiger partial charge in [0.2, 0.25) is 0 Å². The van der Waals surface area contributed by atoms with E-state index in [1.165, 1.54) is 18.6 Å². The zero-order chi connectivity index (χ0) is 21.1. The SMILES string of the molecule is O=C(c1cc([N+](=O)[O-])ccc1N1CCCCC1)N1CCN(c2ccc(Cl)cc2)CC1. The van der Waals surface area contributed by atoms with E-state index < -0.39 is 4.92 Å². The van der Waals surface area contributed by atoms with Crippen molar-refractivity contribution in [2.75, 3.05) is 49.1 Å². The van der Waals surface area contributed by atoms with Crippen LogP contribution in [0.1, 0.15) is 29.6 Å². The van der Waals surface area contributed by atoms with Crippen LogP contribution in [0.4, 0.5) is 17.1 Å². The van der Waals surface area contributed by atoms with E-state index in [0.29, 0.717) is 36.8 Å². The van der Waals surface area contributed by atoms with Gasteiger partial charge in [-0.2, -0.15) is 0 Å². The second-order valence-corrected chi connectivity index (χ2v) is 8.20. The summed E-state index contributed by atoms with van der Waals surface area (Å²) in [5, 5.41) is 12.0. The lowest BCUT2D eigenvalue weighted by atomic mass is 10.0. The normalized spacial score (nSPS) is 17.2. The van der Waals surface area contributed by atoms with Crippen LogP contribution in [0.25, 0.3) is 0 Å². The molecule has 2 aliphatic heterocycles. The number of hydrogen-bond acceptors (Lipinski definition) is 5. The lowest BCUT2D eigenvalue weighted by molar-refractivity contribution is -0.384. The lowest BCUT2D eigenvalue weighted by Crippen LogP contribution is -2.49. The highest BCUT2D eigenvalue weighted by Crippen LogP contribution is 2.30. The van der Waals surface area contributed by atoms with Crippen molar-refractivity contribution in [1.82, 2.24) is 4.90 Å². The highest BCUT2D eigenvalue weighted by molar-refractivity contribution is 6.30. The van der Waals surface area contributed by atoms with Crippen molar-refractivity contribution in [2.45, 2.75) is 19.3 Å². The summed E-state index contributed by atoms with van der Waals surface area (Å²) in [6, 6.07) is 12.4. The summed E-state index contributed by atoms with van der Waals surface area (Å²) in [5.74, 6) is -0.130. The molecule has 0 N–H and O–H groups in total. The van der Waals surface area contributed by atoms with Crippen molar-refractivity contribution in [3.63, 3.8) is 0 Å². The molecule has 2 saturated heterocycles. The average molecular weight is 429 g/mol. The van der Waals surface area contributed by atoms with Gasteiger partial charge in [-0.15, -0.1) is 0 Å². The maximum absolute atomic E-state index is 13.4. The van der Waals surface area contributed by atoms with Gasteiger partial charge < -0.3 is 14.7 Å². The molecule has 0 bridgehead atoms. The molecule has 0 aliphatic carbocycles. The quantitative estimate of drug-likeness (QED) is 0.539. The van der Waals surface area contributed by atoms with E-state index >= 15 is 0 Å². The van der Waals surface area contributed by atoms with Gasteiger partial charge in [0, 0.05) is 62.1 Å². The molecule has 0 atom stereocenters. The van der Waals surface area contributed by atoms with Crippen molar-refractivity contribution in [1.29, 1.82) is 0 Å². The van der Waals surface area contributed by atoms with Crippen molar-refractivity contribution in [3.05, 3.63) is 63.2 Å². The van der Waals surface area contributed by atoms with Gasteiger partial charge in [0.1, 0.15) is 0 Å². The number of nitro groups is 1. The lowest BCUT2D eigenvalue weighted by Gasteiger charge is -2.37.